The Morgan fingerprint density at radius 3 is 2.88 bits per heavy atom. The smallest absolute Gasteiger partial charge is 0.234 e. The summed E-state index contributed by atoms with van der Waals surface area (Å²) in [5, 5.41) is 9.89. The number of carbonyl (C=O) groups excluding carboxylic acids is 2. The molecule has 7 nitrogen and oxygen atoms in total. The zero-order chi connectivity index (χ0) is 18.0. The van der Waals surface area contributed by atoms with E-state index in [-0.39, 0.29) is 48.0 Å². The molecule has 2 amide bonds. The second-order valence-corrected chi connectivity index (χ2v) is 9.80. The van der Waals surface area contributed by atoms with E-state index in [4.69, 9.17) is 0 Å². The number of hydrogen-bond acceptors (Lipinski definition) is 6. The van der Waals surface area contributed by atoms with Crippen molar-refractivity contribution in [1.29, 1.82) is 0 Å². The first-order chi connectivity index (χ1) is 11.8. The summed E-state index contributed by atoms with van der Waals surface area (Å²) in [7, 11) is -1.19. The van der Waals surface area contributed by atoms with Crippen LogP contribution in [0.3, 0.4) is 0 Å². The lowest BCUT2D eigenvalue weighted by Gasteiger charge is -2.33. The fourth-order valence-corrected chi connectivity index (χ4v) is 5.96. The van der Waals surface area contributed by atoms with Gasteiger partial charge in [-0.2, -0.15) is 11.3 Å². The molecule has 1 unspecified atom stereocenters. The predicted molar refractivity (Wildman–Crippen MR) is 96.1 cm³/mol. The minimum Gasteiger partial charge on any atom is -0.350 e. The van der Waals surface area contributed by atoms with Crippen molar-refractivity contribution in [1.82, 2.24) is 15.5 Å². The maximum atomic E-state index is 12.4. The number of thiophene rings is 1. The fraction of sp³-hybridized carbons (Fsp3) is 0.625. The van der Waals surface area contributed by atoms with Gasteiger partial charge in [0.05, 0.1) is 30.1 Å². The van der Waals surface area contributed by atoms with Gasteiger partial charge in [0.1, 0.15) is 0 Å². The molecule has 3 heterocycles. The van der Waals surface area contributed by atoms with Crippen LogP contribution in [0, 0.1) is 0 Å². The van der Waals surface area contributed by atoms with Gasteiger partial charge in [0.15, 0.2) is 9.84 Å². The largest absolute Gasteiger partial charge is 0.350 e. The van der Waals surface area contributed by atoms with Gasteiger partial charge in [-0.3, -0.25) is 14.5 Å². The summed E-state index contributed by atoms with van der Waals surface area (Å²) in [6.45, 7) is 0.154. The number of rotatable bonds is 5. The van der Waals surface area contributed by atoms with Crippen molar-refractivity contribution in [3.8, 4) is 0 Å². The Morgan fingerprint density at radius 2 is 2.24 bits per heavy atom. The third-order valence-corrected chi connectivity index (χ3v) is 7.33. The van der Waals surface area contributed by atoms with Gasteiger partial charge in [-0.25, -0.2) is 8.42 Å². The molecule has 0 bridgehead atoms. The molecule has 0 radical (unpaired) electrons. The molecule has 2 aliphatic rings. The summed E-state index contributed by atoms with van der Waals surface area (Å²) in [5.74, 6) is 0.162. The van der Waals surface area contributed by atoms with E-state index in [9.17, 15) is 18.0 Å². The fourth-order valence-electron chi connectivity index (χ4n) is 3.45. The lowest BCUT2D eigenvalue weighted by molar-refractivity contribution is -0.127. The number of carbonyl (C=O) groups is 2. The Morgan fingerprint density at radius 1 is 1.44 bits per heavy atom. The molecule has 2 saturated heterocycles. The summed E-state index contributed by atoms with van der Waals surface area (Å²) in [6, 6.07) is 1.49. The molecule has 0 aromatic carbocycles. The maximum Gasteiger partial charge on any atom is 0.234 e. The van der Waals surface area contributed by atoms with Crippen molar-refractivity contribution in [3.05, 3.63) is 22.4 Å². The lowest BCUT2D eigenvalue weighted by Crippen LogP contribution is -2.52. The Labute approximate surface area is 151 Å². The first kappa shape index (κ1) is 18.3. The second kappa shape index (κ2) is 7.43. The molecule has 0 spiro atoms. The van der Waals surface area contributed by atoms with Gasteiger partial charge in [0.2, 0.25) is 11.8 Å². The van der Waals surface area contributed by atoms with Crippen molar-refractivity contribution in [2.45, 2.75) is 37.4 Å². The number of piperidine rings is 1. The zero-order valence-electron chi connectivity index (χ0n) is 14.1. The van der Waals surface area contributed by atoms with E-state index < -0.39 is 9.84 Å². The minimum atomic E-state index is -2.97. The average molecular weight is 386 g/mol. The zero-order valence-corrected chi connectivity index (χ0v) is 15.7. The summed E-state index contributed by atoms with van der Waals surface area (Å²) < 4.78 is 23.2. The second-order valence-electron chi connectivity index (χ2n) is 6.79. The monoisotopic (exact) mass is 385 g/mol. The highest BCUT2D eigenvalue weighted by atomic mass is 32.2. The van der Waals surface area contributed by atoms with Crippen LogP contribution in [0.2, 0.25) is 0 Å². The molecule has 0 saturated carbocycles. The van der Waals surface area contributed by atoms with Crippen LogP contribution >= 0.6 is 11.3 Å². The molecular weight excluding hydrogens is 362 g/mol. The highest BCUT2D eigenvalue weighted by Crippen LogP contribution is 2.26. The molecule has 0 aliphatic carbocycles. The Kier molecular flexibility index (Phi) is 5.45. The van der Waals surface area contributed by atoms with E-state index in [1.165, 1.54) is 0 Å². The molecule has 1 aromatic rings. The lowest BCUT2D eigenvalue weighted by atomic mass is 9.93. The summed E-state index contributed by atoms with van der Waals surface area (Å²) >= 11 is 1.55. The molecule has 138 valence electrons. The van der Waals surface area contributed by atoms with Crippen LogP contribution in [0.15, 0.2) is 16.8 Å². The van der Waals surface area contributed by atoms with Crippen molar-refractivity contribution in [2.75, 3.05) is 25.1 Å². The SMILES string of the molecule is CN(CC(=O)N[C@@H]1CCC(=O)N[C@H]1c1ccsc1)C1CCS(=O)(=O)C1. The average Bonchev–Trinajstić information content (AvgIpc) is 3.18. The standard InChI is InChI=1S/C16H23N3O4S2/c1-19(12-5-7-25(22,23)10-12)8-15(21)17-13-2-3-14(20)18-16(13)11-4-6-24-9-11/h4,6,9,12-13,16H,2-3,5,7-8,10H2,1H3,(H,17,21)(H,18,20)/t12?,13-,16+/m1/s1. The molecule has 3 rings (SSSR count). The van der Waals surface area contributed by atoms with Crippen LogP contribution in [-0.4, -0.2) is 62.3 Å². The maximum absolute atomic E-state index is 12.4. The van der Waals surface area contributed by atoms with E-state index in [0.717, 1.165) is 5.56 Å². The van der Waals surface area contributed by atoms with Crippen LogP contribution in [0.5, 0.6) is 0 Å². The van der Waals surface area contributed by atoms with Gasteiger partial charge in [-0.15, -0.1) is 0 Å². The van der Waals surface area contributed by atoms with E-state index in [2.05, 4.69) is 10.6 Å². The van der Waals surface area contributed by atoms with E-state index in [1.54, 1.807) is 23.3 Å². The van der Waals surface area contributed by atoms with Gasteiger partial charge < -0.3 is 10.6 Å². The number of amides is 2. The van der Waals surface area contributed by atoms with E-state index in [1.807, 2.05) is 16.8 Å². The molecule has 3 atom stereocenters. The van der Waals surface area contributed by atoms with Crippen LogP contribution in [0.25, 0.3) is 0 Å². The number of nitrogens with one attached hydrogen (secondary N) is 2. The van der Waals surface area contributed by atoms with Gasteiger partial charge in [0.25, 0.3) is 0 Å². The van der Waals surface area contributed by atoms with Crippen LogP contribution in [-0.2, 0) is 19.4 Å². The Hall–Kier alpha value is -1.45. The van der Waals surface area contributed by atoms with Crippen molar-refractivity contribution < 1.29 is 18.0 Å². The Bertz CT molecular complexity index is 733. The predicted octanol–water partition coefficient (Wildman–Crippen LogP) is 0.303. The van der Waals surface area contributed by atoms with Crippen molar-refractivity contribution in [3.63, 3.8) is 0 Å². The third kappa shape index (κ3) is 4.59. The van der Waals surface area contributed by atoms with Gasteiger partial charge in [-0.1, -0.05) is 0 Å². The Balaban J connectivity index is 1.58. The first-order valence-corrected chi connectivity index (χ1v) is 11.1. The van der Waals surface area contributed by atoms with Crippen LogP contribution < -0.4 is 10.6 Å². The van der Waals surface area contributed by atoms with E-state index >= 15 is 0 Å². The first-order valence-electron chi connectivity index (χ1n) is 8.35. The molecular formula is C16H23N3O4S2. The summed E-state index contributed by atoms with van der Waals surface area (Å²) in [4.78, 5) is 26.0. The molecule has 9 heteroatoms. The van der Waals surface area contributed by atoms with Gasteiger partial charge in [-0.05, 0) is 42.3 Å². The summed E-state index contributed by atoms with van der Waals surface area (Å²) in [6.07, 6.45) is 1.56. The van der Waals surface area contributed by atoms with E-state index in [0.29, 0.717) is 19.3 Å². The molecule has 25 heavy (non-hydrogen) atoms. The minimum absolute atomic E-state index is 0.00465. The molecule has 2 fully saturated rings. The van der Waals surface area contributed by atoms with Crippen molar-refractivity contribution in [2.24, 2.45) is 0 Å². The number of nitrogens with zero attached hydrogens (tertiary/aromatic N) is 1. The van der Waals surface area contributed by atoms with Crippen LogP contribution in [0.1, 0.15) is 30.9 Å². The quantitative estimate of drug-likeness (QED) is 0.760. The number of sulfone groups is 1. The van der Waals surface area contributed by atoms with Crippen molar-refractivity contribution >= 4 is 33.0 Å². The summed E-state index contributed by atoms with van der Waals surface area (Å²) in [5.41, 5.74) is 0.999. The highest BCUT2D eigenvalue weighted by Gasteiger charge is 2.33. The molecule has 1 aromatic heterocycles. The number of likely N-dealkylation sites (N-methyl/N-ethyl adjacent to an activating group) is 1. The number of hydrogen-bond donors (Lipinski definition) is 2. The third-order valence-electron chi connectivity index (χ3n) is 4.87. The highest BCUT2D eigenvalue weighted by molar-refractivity contribution is 7.91. The molecule has 2 aliphatic heterocycles. The van der Waals surface area contributed by atoms with Crippen LogP contribution in [0.4, 0.5) is 0 Å². The topological polar surface area (TPSA) is 95.6 Å². The molecule has 2 N–H and O–H groups in total. The normalized spacial score (nSPS) is 28.7. The van der Waals surface area contributed by atoms with Gasteiger partial charge in [0, 0.05) is 12.5 Å². The van der Waals surface area contributed by atoms with Gasteiger partial charge >= 0.3 is 0 Å².